The van der Waals surface area contributed by atoms with E-state index in [0.29, 0.717) is 33.7 Å². The third-order valence-corrected chi connectivity index (χ3v) is 7.41. The first-order valence-electron chi connectivity index (χ1n) is 13.5. The number of alkyl halides is 3. The number of carbonyl (C=O) groups excluding carboxylic acids is 1. The summed E-state index contributed by atoms with van der Waals surface area (Å²) in [6.07, 6.45) is 1.37. The number of ether oxygens (including phenoxy) is 1. The van der Waals surface area contributed by atoms with Crippen molar-refractivity contribution in [3.63, 3.8) is 0 Å². The molecule has 5 nitrogen and oxygen atoms in total. The molecule has 1 aromatic heterocycles. The Balaban J connectivity index is 1.38. The number of nitrogens with zero attached hydrogens (tertiary/aromatic N) is 2. The molecule has 0 saturated heterocycles. The van der Waals surface area contributed by atoms with Crippen molar-refractivity contribution >= 4 is 47.0 Å². The minimum atomic E-state index is -4.37. The van der Waals surface area contributed by atoms with E-state index in [1.54, 1.807) is 12.1 Å². The molecule has 0 aliphatic heterocycles. The van der Waals surface area contributed by atoms with Crippen molar-refractivity contribution in [1.82, 2.24) is 9.55 Å². The molecule has 10 heteroatoms. The van der Waals surface area contributed by atoms with Crippen molar-refractivity contribution in [1.29, 1.82) is 0 Å². The van der Waals surface area contributed by atoms with Crippen molar-refractivity contribution in [2.24, 2.45) is 0 Å². The predicted molar refractivity (Wildman–Crippen MR) is 170 cm³/mol. The maximum absolute atomic E-state index is 12.9. The van der Waals surface area contributed by atoms with E-state index in [0.717, 1.165) is 40.1 Å². The second-order valence-electron chi connectivity index (χ2n) is 9.89. The number of imidazole rings is 1. The Morgan fingerprint density at radius 2 is 1.57 bits per heavy atom. The van der Waals surface area contributed by atoms with Crippen LogP contribution in [0.3, 0.4) is 0 Å². The Hall–Kier alpha value is -4.53. The number of hydrogen-bond donors (Lipinski definition) is 1. The molecule has 0 aliphatic rings. The van der Waals surface area contributed by atoms with Gasteiger partial charge in [-0.3, -0.25) is 4.79 Å². The summed E-state index contributed by atoms with van der Waals surface area (Å²) in [6, 6.07) is 25.6. The van der Waals surface area contributed by atoms with Gasteiger partial charge in [0.2, 0.25) is 0 Å². The van der Waals surface area contributed by atoms with Gasteiger partial charge in [-0.1, -0.05) is 77.8 Å². The van der Waals surface area contributed by atoms with E-state index in [1.807, 2.05) is 77.5 Å². The molecule has 0 saturated carbocycles. The number of halogens is 5. The summed E-state index contributed by atoms with van der Waals surface area (Å²) in [5, 5.41) is 4.03. The van der Waals surface area contributed by atoms with Gasteiger partial charge in [-0.05, 0) is 70.8 Å². The molecule has 0 radical (unpaired) electrons. The van der Waals surface area contributed by atoms with Crippen molar-refractivity contribution in [2.45, 2.75) is 12.7 Å². The van der Waals surface area contributed by atoms with E-state index >= 15 is 0 Å². The van der Waals surface area contributed by atoms with E-state index in [9.17, 15) is 18.0 Å². The van der Waals surface area contributed by atoms with Gasteiger partial charge < -0.3 is 14.6 Å². The lowest BCUT2D eigenvalue weighted by Gasteiger charge is -2.09. The summed E-state index contributed by atoms with van der Waals surface area (Å²) in [4.78, 5) is 16.3. The SMILES string of the molecule is COC(=O)CNc1ccc(Cn2cc(-c3ccc(Cl)cc3Cl)nc2C=Cc2ccc(-c3ccc(C(F)(F)F)cc3)cc2)cc1. The highest BCUT2D eigenvalue weighted by Gasteiger charge is 2.29. The maximum atomic E-state index is 12.9. The van der Waals surface area contributed by atoms with Crippen LogP contribution in [0.1, 0.15) is 22.5 Å². The van der Waals surface area contributed by atoms with Crippen LogP contribution in [0.4, 0.5) is 18.9 Å². The molecule has 44 heavy (non-hydrogen) atoms. The smallest absolute Gasteiger partial charge is 0.416 e. The third-order valence-electron chi connectivity index (χ3n) is 6.87. The molecule has 0 amide bonds. The molecule has 0 atom stereocenters. The zero-order valence-electron chi connectivity index (χ0n) is 23.4. The van der Waals surface area contributed by atoms with Gasteiger partial charge in [0.1, 0.15) is 12.4 Å². The van der Waals surface area contributed by atoms with Crippen LogP contribution in [-0.4, -0.2) is 29.2 Å². The number of esters is 1. The maximum Gasteiger partial charge on any atom is 0.416 e. The fourth-order valence-electron chi connectivity index (χ4n) is 4.50. The summed E-state index contributed by atoms with van der Waals surface area (Å²) in [6.45, 7) is 0.588. The average Bonchev–Trinajstić information content (AvgIpc) is 3.41. The molecule has 224 valence electrons. The molecule has 0 spiro atoms. The number of benzene rings is 4. The van der Waals surface area contributed by atoms with Crippen LogP contribution >= 0.6 is 23.2 Å². The standard InChI is InChI=1S/C34H26Cl2F3N3O2/c1-44-33(43)19-40-28-14-4-23(5-15-28)20-42-21-31(29-16-13-27(35)18-30(29)36)41-32(42)17-6-22-2-7-24(8-3-22)25-9-11-26(12-10-25)34(37,38)39/h2-18,21,40H,19-20H2,1H3. The highest BCUT2D eigenvalue weighted by molar-refractivity contribution is 6.36. The lowest BCUT2D eigenvalue weighted by molar-refractivity contribution is -0.139. The number of methoxy groups -OCH3 is 1. The molecule has 1 N–H and O–H groups in total. The van der Waals surface area contributed by atoms with Gasteiger partial charge in [-0.25, -0.2) is 4.98 Å². The molecule has 0 bridgehead atoms. The van der Waals surface area contributed by atoms with Crippen molar-refractivity contribution in [3.05, 3.63) is 130 Å². The van der Waals surface area contributed by atoms with Crippen molar-refractivity contribution in [2.75, 3.05) is 19.0 Å². The highest BCUT2D eigenvalue weighted by atomic mass is 35.5. The lowest BCUT2D eigenvalue weighted by atomic mass is 10.0. The van der Waals surface area contributed by atoms with Crippen LogP contribution in [0.5, 0.6) is 0 Å². The quantitative estimate of drug-likeness (QED) is 0.164. The molecule has 1 heterocycles. The predicted octanol–water partition coefficient (Wildman–Crippen LogP) is 9.35. The number of rotatable bonds is 9. The monoisotopic (exact) mass is 635 g/mol. The van der Waals surface area contributed by atoms with E-state index < -0.39 is 11.7 Å². The number of hydrogen-bond acceptors (Lipinski definition) is 4. The first-order valence-corrected chi connectivity index (χ1v) is 14.2. The molecule has 0 unspecified atom stereocenters. The first-order chi connectivity index (χ1) is 21.1. The van der Waals surface area contributed by atoms with Crippen LogP contribution in [0, 0.1) is 0 Å². The molecular formula is C34H26Cl2F3N3O2. The van der Waals surface area contributed by atoms with Crippen LogP contribution < -0.4 is 5.32 Å². The number of carbonyl (C=O) groups is 1. The summed E-state index contributed by atoms with van der Waals surface area (Å²) in [7, 11) is 1.34. The van der Waals surface area contributed by atoms with Gasteiger partial charge in [-0.15, -0.1) is 0 Å². The number of aromatic nitrogens is 2. The van der Waals surface area contributed by atoms with Gasteiger partial charge in [0.05, 0.1) is 23.4 Å². The van der Waals surface area contributed by atoms with Gasteiger partial charge in [0.25, 0.3) is 0 Å². The Kier molecular flexibility index (Phi) is 9.42. The molecule has 5 aromatic rings. The van der Waals surface area contributed by atoms with Crippen molar-refractivity contribution in [3.8, 4) is 22.4 Å². The minimum Gasteiger partial charge on any atom is -0.468 e. The molecule has 5 rings (SSSR count). The Morgan fingerprint density at radius 1 is 0.909 bits per heavy atom. The first kappa shape index (κ1) is 30.9. The number of anilines is 1. The second kappa shape index (κ2) is 13.4. The van der Waals surface area contributed by atoms with Crippen LogP contribution in [0.2, 0.25) is 10.0 Å². The van der Waals surface area contributed by atoms with Gasteiger partial charge >= 0.3 is 12.1 Å². The zero-order valence-corrected chi connectivity index (χ0v) is 24.9. The average molecular weight is 637 g/mol. The van der Waals surface area contributed by atoms with Gasteiger partial charge in [0.15, 0.2) is 0 Å². The lowest BCUT2D eigenvalue weighted by Crippen LogP contribution is -2.14. The normalized spacial score (nSPS) is 11.6. The Labute approximate surface area is 262 Å². The van der Waals surface area contributed by atoms with Crippen LogP contribution in [-0.2, 0) is 22.3 Å². The van der Waals surface area contributed by atoms with Crippen molar-refractivity contribution < 1.29 is 22.7 Å². The summed E-state index contributed by atoms with van der Waals surface area (Å²) in [5.41, 5.74) is 4.94. The largest absolute Gasteiger partial charge is 0.468 e. The zero-order chi connectivity index (χ0) is 31.3. The van der Waals surface area contributed by atoms with E-state index in [-0.39, 0.29) is 12.5 Å². The Bertz CT molecular complexity index is 1780. The second-order valence-corrected chi connectivity index (χ2v) is 10.7. The fourth-order valence-corrected chi connectivity index (χ4v) is 5.00. The Morgan fingerprint density at radius 3 is 2.18 bits per heavy atom. The van der Waals surface area contributed by atoms with E-state index in [4.69, 9.17) is 28.2 Å². The summed E-state index contributed by atoms with van der Waals surface area (Å²) in [5.74, 6) is 0.331. The van der Waals surface area contributed by atoms with Crippen LogP contribution in [0.15, 0.2) is 97.2 Å². The number of nitrogens with one attached hydrogen (secondary N) is 1. The molecule has 4 aromatic carbocycles. The van der Waals surface area contributed by atoms with Gasteiger partial charge in [0, 0.05) is 29.0 Å². The summed E-state index contributed by atoms with van der Waals surface area (Å²) < 4.78 is 45.4. The summed E-state index contributed by atoms with van der Waals surface area (Å²) >= 11 is 12.6. The van der Waals surface area contributed by atoms with E-state index in [2.05, 4.69) is 10.1 Å². The van der Waals surface area contributed by atoms with E-state index in [1.165, 1.54) is 19.2 Å². The molecular weight excluding hydrogens is 610 g/mol. The third kappa shape index (κ3) is 7.70. The highest BCUT2D eigenvalue weighted by Crippen LogP contribution is 2.32. The van der Waals surface area contributed by atoms with Crippen LogP contribution in [0.25, 0.3) is 34.5 Å². The molecule has 0 fully saturated rings. The van der Waals surface area contributed by atoms with Gasteiger partial charge in [-0.2, -0.15) is 13.2 Å². The topological polar surface area (TPSA) is 56.1 Å². The molecule has 0 aliphatic carbocycles. The minimum absolute atomic E-state index is 0.0723. The fraction of sp³-hybridized carbons (Fsp3) is 0.118.